The maximum absolute atomic E-state index is 11.3. The number of hydrogen-bond acceptors (Lipinski definition) is 5. The zero-order valence-electron chi connectivity index (χ0n) is 11.4. The lowest BCUT2D eigenvalue weighted by molar-refractivity contribution is -0.124. The van der Waals surface area contributed by atoms with Crippen LogP contribution in [0.1, 0.15) is 10.4 Å². The van der Waals surface area contributed by atoms with E-state index >= 15 is 0 Å². The Kier molecular flexibility index (Phi) is 4.95. The number of benzene rings is 1. The van der Waals surface area contributed by atoms with Crippen molar-refractivity contribution in [2.45, 2.75) is 0 Å². The highest BCUT2D eigenvalue weighted by Crippen LogP contribution is 2.12. The van der Waals surface area contributed by atoms with Crippen LogP contribution < -0.4 is 10.1 Å². The molecule has 0 spiro atoms. The summed E-state index contributed by atoms with van der Waals surface area (Å²) in [4.78, 5) is 24.5. The second-order valence-corrected chi connectivity index (χ2v) is 4.49. The number of carbonyl (C=O) groups is 2. The quantitative estimate of drug-likeness (QED) is 0.784. The van der Waals surface area contributed by atoms with Gasteiger partial charge in [-0.2, -0.15) is 0 Å². The topological polar surface area (TPSA) is 67.9 Å². The second kappa shape index (κ2) is 6.91. The molecule has 1 aliphatic heterocycles. The molecule has 0 aliphatic carbocycles. The summed E-state index contributed by atoms with van der Waals surface area (Å²) < 4.78 is 10.2. The van der Waals surface area contributed by atoms with Gasteiger partial charge in [0.25, 0.3) is 0 Å². The summed E-state index contributed by atoms with van der Waals surface area (Å²) in [5.74, 6) is 0.383. The Balaban J connectivity index is 1.76. The highest BCUT2D eigenvalue weighted by atomic mass is 16.5. The SMILES string of the molecule is COC(=O)c1ccc(OCCN2CCNC(=O)C2)cc1. The fourth-order valence-corrected chi connectivity index (χ4v) is 1.98. The van der Waals surface area contributed by atoms with Crippen molar-refractivity contribution in [2.24, 2.45) is 0 Å². The maximum atomic E-state index is 11.3. The van der Waals surface area contributed by atoms with Crippen LogP contribution in [-0.2, 0) is 9.53 Å². The first-order valence-electron chi connectivity index (χ1n) is 6.49. The molecule has 0 bridgehead atoms. The predicted molar refractivity (Wildman–Crippen MR) is 72.7 cm³/mol. The first-order chi connectivity index (χ1) is 9.69. The number of nitrogens with zero attached hydrogens (tertiary/aromatic N) is 1. The second-order valence-electron chi connectivity index (χ2n) is 4.49. The molecular weight excluding hydrogens is 260 g/mol. The molecule has 2 rings (SSSR count). The van der Waals surface area contributed by atoms with E-state index in [0.717, 1.165) is 6.54 Å². The Hall–Kier alpha value is -2.08. The first kappa shape index (κ1) is 14.3. The van der Waals surface area contributed by atoms with Crippen LogP contribution in [0.15, 0.2) is 24.3 Å². The number of esters is 1. The number of nitrogens with one attached hydrogen (secondary N) is 1. The van der Waals surface area contributed by atoms with Crippen molar-refractivity contribution in [1.82, 2.24) is 10.2 Å². The molecule has 0 aromatic heterocycles. The third-order valence-electron chi connectivity index (χ3n) is 3.07. The molecule has 1 N–H and O–H groups in total. The zero-order valence-corrected chi connectivity index (χ0v) is 11.4. The van der Waals surface area contributed by atoms with Crippen molar-refractivity contribution in [3.05, 3.63) is 29.8 Å². The van der Waals surface area contributed by atoms with Crippen molar-refractivity contribution >= 4 is 11.9 Å². The normalized spacial score (nSPS) is 15.6. The van der Waals surface area contributed by atoms with Gasteiger partial charge in [-0.1, -0.05) is 0 Å². The van der Waals surface area contributed by atoms with Crippen LogP contribution in [0.25, 0.3) is 0 Å². The van der Waals surface area contributed by atoms with Crippen LogP contribution >= 0.6 is 0 Å². The Morgan fingerprint density at radius 3 is 2.75 bits per heavy atom. The van der Waals surface area contributed by atoms with Gasteiger partial charge in [-0.15, -0.1) is 0 Å². The summed E-state index contributed by atoms with van der Waals surface area (Å²) in [6.45, 7) is 3.16. The molecule has 1 aromatic carbocycles. The zero-order chi connectivity index (χ0) is 14.4. The van der Waals surface area contributed by atoms with E-state index in [1.54, 1.807) is 24.3 Å². The van der Waals surface area contributed by atoms with E-state index in [2.05, 4.69) is 10.1 Å². The number of piperazine rings is 1. The van der Waals surface area contributed by atoms with Crippen LogP contribution in [-0.4, -0.2) is 56.7 Å². The van der Waals surface area contributed by atoms with Crippen molar-refractivity contribution in [2.75, 3.05) is 39.9 Å². The summed E-state index contributed by atoms with van der Waals surface area (Å²) in [7, 11) is 1.35. The lowest BCUT2D eigenvalue weighted by Crippen LogP contribution is -2.48. The molecule has 1 saturated heterocycles. The molecule has 1 heterocycles. The van der Waals surface area contributed by atoms with Gasteiger partial charge in [-0.05, 0) is 24.3 Å². The average molecular weight is 278 g/mol. The van der Waals surface area contributed by atoms with Gasteiger partial charge < -0.3 is 14.8 Å². The predicted octanol–water partition coefficient (Wildman–Crippen LogP) is 0.284. The van der Waals surface area contributed by atoms with Crippen molar-refractivity contribution in [3.8, 4) is 5.75 Å². The van der Waals surface area contributed by atoms with Gasteiger partial charge in [-0.25, -0.2) is 4.79 Å². The molecule has 6 nitrogen and oxygen atoms in total. The van der Waals surface area contributed by atoms with E-state index in [9.17, 15) is 9.59 Å². The van der Waals surface area contributed by atoms with Gasteiger partial charge in [0.15, 0.2) is 0 Å². The molecule has 0 radical (unpaired) electrons. The van der Waals surface area contributed by atoms with Gasteiger partial charge in [0.1, 0.15) is 12.4 Å². The van der Waals surface area contributed by atoms with Crippen LogP contribution in [0.5, 0.6) is 5.75 Å². The third-order valence-corrected chi connectivity index (χ3v) is 3.07. The molecule has 1 fully saturated rings. The summed E-state index contributed by atoms with van der Waals surface area (Å²) in [5.41, 5.74) is 0.493. The molecule has 20 heavy (non-hydrogen) atoms. The summed E-state index contributed by atoms with van der Waals surface area (Å²) in [6.07, 6.45) is 0. The van der Waals surface area contributed by atoms with Crippen LogP contribution in [0.3, 0.4) is 0 Å². The van der Waals surface area contributed by atoms with Crippen LogP contribution in [0.2, 0.25) is 0 Å². The molecule has 1 amide bonds. The Labute approximate surface area is 117 Å². The Morgan fingerprint density at radius 2 is 2.10 bits per heavy atom. The van der Waals surface area contributed by atoms with E-state index in [-0.39, 0.29) is 11.9 Å². The lowest BCUT2D eigenvalue weighted by Gasteiger charge is -2.26. The lowest BCUT2D eigenvalue weighted by atomic mass is 10.2. The molecule has 1 aliphatic rings. The highest BCUT2D eigenvalue weighted by Gasteiger charge is 2.15. The number of ether oxygens (including phenoxy) is 2. The van der Waals surface area contributed by atoms with Crippen LogP contribution in [0, 0.1) is 0 Å². The standard InChI is InChI=1S/C14H18N2O4/c1-19-14(18)11-2-4-12(5-3-11)20-9-8-16-7-6-15-13(17)10-16/h2-5H,6-10H2,1H3,(H,15,17). The van der Waals surface area contributed by atoms with Gasteiger partial charge >= 0.3 is 5.97 Å². The molecule has 108 valence electrons. The minimum Gasteiger partial charge on any atom is -0.492 e. The van der Waals surface area contributed by atoms with Gasteiger partial charge in [0.05, 0.1) is 19.2 Å². The number of hydrogen-bond donors (Lipinski definition) is 1. The third kappa shape index (κ3) is 3.96. The van der Waals surface area contributed by atoms with E-state index in [1.807, 2.05) is 4.90 Å². The van der Waals surface area contributed by atoms with E-state index in [1.165, 1.54) is 7.11 Å². The van der Waals surface area contributed by atoms with E-state index in [0.29, 0.717) is 37.6 Å². The molecule has 0 atom stereocenters. The van der Waals surface area contributed by atoms with Crippen molar-refractivity contribution in [3.63, 3.8) is 0 Å². The molecule has 1 aromatic rings. The summed E-state index contributed by atoms with van der Waals surface area (Å²) >= 11 is 0. The fourth-order valence-electron chi connectivity index (χ4n) is 1.98. The van der Waals surface area contributed by atoms with Crippen LogP contribution in [0.4, 0.5) is 0 Å². The minimum absolute atomic E-state index is 0.0543. The summed E-state index contributed by atoms with van der Waals surface area (Å²) in [6, 6.07) is 6.79. The fraction of sp³-hybridized carbons (Fsp3) is 0.429. The van der Waals surface area contributed by atoms with Crippen molar-refractivity contribution in [1.29, 1.82) is 0 Å². The van der Waals surface area contributed by atoms with E-state index in [4.69, 9.17) is 4.74 Å². The molecule has 0 saturated carbocycles. The van der Waals surface area contributed by atoms with Crippen molar-refractivity contribution < 1.29 is 19.1 Å². The first-order valence-corrected chi connectivity index (χ1v) is 6.49. The Morgan fingerprint density at radius 1 is 1.35 bits per heavy atom. The molecular formula is C14H18N2O4. The maximum Gasteiger partial charge on any atom is 0.337 e. The largest absolute Gasteiger partial charge is 0.492 e. The Bertz CT molecular complexity index is 473. The number of carbonyl (C=O) groups excluding carboxylic acids is 2. The molecule has 6 heteroatoms. The van der Waals surface area contributed by atoms with Gasteiger partial charge in [0, 0.05) is 19.6 Å². The number of methoxy groups -OCH3 is 1. The minimum atomic E-state index is -0.365. The molecule has 0 unspecified atom stereocenters. The van der Waals surface area contributed by atoms with Gasteiger partial charge in [0.2, 0.25) is 5.91 Å². The number of rotatable bonds is 5. The monoisotopic (exact) mass is 278 g/mol. The smallest absolute Gasteiger partial charge is 0.337 e. The van der Waals surface area contributed by atoms with Gasteiger partial charge in [-0.3, -0.25) is 9.69 Å². The highest BCUT2D eigenvalue weighted by molar-refractivity contribution is 5.89. The van der Waals surface area contributed by atoms with E-state index < -0.39 is 0 Å². The average Bonchev–Trinajstić information content (AvgIpc) is 2.47. The number of amides is 1. The summed E-state index contributed by atoms with van der Waals surface area (Å²) in [5, 5.41) is 2.78.